The summed E-state index contributed by atoms with van der Waals surface area (Å²) in [6, 6.07) is 6.73. The Morgan fingerprint density at radius 1 is 1.45 bits per heavy atom. The van der Waals surface area contributed by atoms with Crippen LogP contribution in [0.15, 0.2) is 23.4 Å². The maximum Gasteiger partial charge on any atom is 0.0971 e. The van der Waals surface area contributed by atoms with E-state index in [1.165, 1.54) is 0 Å². The van der Waals surface area contributed by atoms with Crippen LogP contribution in [0.25, 0.3) is 0 Å². The topological polar surface area (TPSA) is 12.9 Å². The summed E-state index contributed by atoms with van der Waals surface area (Å²) in [4.78, 5) is 4.20. The van der Waals surface area contributed by atoms with Crippen molar-refractivity contribution in [3.05, 3.63) is 24.4 Å². The first kappa shape index (κ1) is 8.60. The molecule has 0 N–H and O–H groups in total. The summed E-state index contributed by atoms with van der Waals surface area (Å²) >= 11 is 1.76. The lowest BCUT2D eigenvalue weighted by Crippen LogP contribution is -2.06. The van der Waals surface area contributed by atoms with Crippen molar-refractivity contribution in [1.29, 1.82) is 0 Å². The Morgan fingerprint density at radius 2 is 2.18 bits per heavy atom. The van der Waals surface area contributed by atoms with E-state index in [0.717, 1.165) is 5.03 Å². The first-order valence-corrected chi connectivity index (χ1v) is 4.41. The second-order valence-electron chi connectivity index (χ2n) is 3.31. The quantitative estimate of drug-likeness (QED) is 0.595. The number of aromatic nitrogens is 1. The minimum absolute atomic E-state index is 0.238. The third-order valence-corrected chi connectivity index (χ3v) is 2.03. The van der Waals surface area contributed by atoms with Crippen molar-refractivity contribution >= 4 is 11.8 Å². The van der Waals surface area contributed by atoms with Crippen LogP contribution >= 0.6 is 11.8 Å². The van der Waals surface area contributed by atoms with E-state index in [0.29, 0.717) is 0 Å². The van der Waals surface area contributed by atoms with Crippen LogP contribution in [-0.4, -0.2) is 9.73 Å². The third kappa shape index (κ3) is 3.42. The lowest BCUT2D eigenvalue weighted by Gasteiger charge is -2.15. The highest BCUT2D eigenvalue weighted by Crippen LogP contribution is 2.29. The second kappa shape index (κ2) is 3.26. The molecule has 0 saturated carbocycles. The fraction of sp³-hybridized carbons (Fsp3) is 0.444. The van der Waals surface area contributed by atoms with Gasteiger partial charge >= 0.3 is 0 Å². The highest BCUT2D eigenvalue weighted by Gasteiger charge is 2.11. The van der Waals surface area contributed by atoms with E-state index in [9.17, 15) is 0 Å². The van der Waals surface area contributed by atoms with Gasteiger partial charge in [0.2, 0.25) is 0 Å². The average Bonchev–Trinajstić information content (AvgIpc) is 1.85. The normalized spacial score (nSPS) is 11.5. The van der Waals surface area contributed by atoms with E-state index in [2.05, 4.69) is 31.8 Å². The predicted molar refractivity (Wildman–Crippen MR) is 48.7 cm³/mol. The zero-order chi connectivity index (χ0) is 8.32. The van der Waals surface area contributed by atoms with Crippen LogP contribution in [0.5, 0.6) is 0 Å². The van der Waals surface area contributed by atoms with E-state index >= 15 is 0 Å². The fourth-order valence-electron chi connectivity index (χ4n) is 0.680. The maximum atomic E-state index is 4.20. The van der Waals surface area contributed by atoms with Gasteiger partial charge in [0.05, 0.1) is 5.03 Å². The Labute approximate surface area is 72.2 Å². The van der Waals surface area contributed by atoms with E-state index in [1.807, 2.05) is 12.1 Å². The number of hydrogen-bond donors (Lipinski definition) is 0. The van der Waals surface area contributed by atoms with Crippen LogP contribution < -0.4 is 0 Å². The first-order valence-electron chi connectivity index (χ1n) is 3.59. The fourth-order valence-corrected chi connectivity index (χ4v) is 1.55. The summed E-state index contributed by atoms with van der Waals surface area (Å²) in [5.41, 5.74) is 0. The minimum atomic E-state index is 0.238. The molecule has 0 unspecified atom stereocenters. The zero-order valence-corrected chi connectivity index (χ0v) is 7.90. The molecule has 1 rings (SSSR count). The number of hydrogen-bond acceptors (Lipinski definition) is 2. The van der Waals surface area contributed by atoms with Crippen LogP contribution in [0.3, 0.4) is 0 Å². The Hall–Kier alpha value is -0.500. The molecule has 0 saturated heterocycles. The summed E-state index contributed by atoms with van der Waals surface area (Å²) in [6.07, 6.45) is 1.77. The molecular formula is C9H12NS. The van der Waals surface area contributed by atoms with Crippen LogP contribution in [0, 0.1) is 6.07 Å². The average molecular weight is 166 g/mol. The summed E-state index contributed by atoms with van der Waals surface area (Å²) in [5.74, 6) is 0. The van der Waals surface area contributed by atoms with Crippen LogP contribution in [-0.2, 0) is 0 Å². The van der Waals surface area contributed by atoms with Gasteiger partial charge in [-0.3, -0.25) is 0 Å². The van der Waals surface area contributed by atoms with Gasteiger partial charge in [-0.25, -0.2) is 4.98 Å². The molecular weight excluding hydrogens is 154 g/mol. The molecule has 1 aromatic rings. The highest BCUT2D eigenvalue weighted by atomic mass is 32.2. The SMILES string of the molecule is CC(C)(C)Sc1c[c]ccn1. The Balaban J connectivity index is 2.66. The molecule has 0 fully saturated rings. The molecule has 0 aromatic carbocycles. The zero-order valence-electron chi connectivity index (χ0n) is 7.09. The molecule has 0 bridgehead atoms. The van der Waals surface area contributed by atoms with Crippen molar-refractivity contribution in [1.82, 2.24) is 4.98 Å². The molecule has 11 heavy (non-hydrogen) atoms. The van der Waals surface area contributed by atoms with Gasteiger partial charge in [-0.05, 0) is 18.2 Å². The molecule has 0 spiro atoms. The number of nitrogens with zero attached hydrogens (tertiary/aromatic N) is 1. The number of pyridine rings is 1. The Kier molecular flexibility index (Phi) is 2.55. The largest absolute Gasteiger partial charge is 0.250 e. The van der Waals surface area contributed by atoms with Crippen LogP contribution in [0.1, 0.15) is 20.8 Å². The third-order valence-electron chi connectivity index (χ3n) is 0.990. The van der Waals surface area contributed by atoms with Crippen LogP contribution in [0.4, 0.5) is 0 Å². The molecule has 0 aliphatic heterocycles. The van der Waals surface area contributed by atoms with E-state index < -0.39 is 0 Å². The summed E-state index contributed by atoms with van der Waals surface area (Å²) < 4.78 is 0.238. The summed E-state index contributed by atoms with van der Waals surface area (Å²) in [7, 11) is 0. The van der Waals surface area contributed by atoms with Crippen molar-refractivity contribution in [2.24, 2.45) is 0 Å². The molecule has 2 heteroatoms. The van der Waals surface area contributed by atoms with Gasteiger partial charge in [0.1, 0.15) is 0 Å². The van der Waals surface area contributed by atoms with Gasteiger partial charge < -0.3 is 0 Å². The van der Waals surface area contributed by atoms with Gasteiger partial charge in [0.25, 0.3) is 0 Å². The van der Waals surface area contributed by atoms with Crippen molar-refractivity contribution in [2.45, 2.75) is 30.5 Å². The van der Waals surface area contributed by atoms with Crippen molar-refractivity contribution in [2.75, 3.05) is 0 Å². The summed E-state index contributed by atoms with van der Waals surface area (Å²) in [5, 5.41) is 1.04. The smallest absolute Gasteiger partial charge is 0.0971 e. The molecule has 0 atom stereocenters. The van der Waals surface area contributed by atoms with Crippen LogP contribution in [0.2, 0.25) is 0 Å². The van der Waals surface area contributed by atoms with E-state index in [4.69, 9.17) is 0 Å². The van der Waals surface area contributed by atoms with E-state index in [-0.39, 0.29) is 4.75 Å². The molecule has 1 radical (unpaired) electrons. The molecule has 0 aliphatic rings. The molecule has 1 heterocycles. The first-order chi connectivity index (χ1) is 5.08. The number of rotatable bonds is 1. The van der Waals surface area contributed by atoms with Gasteiger partial charge in [-0.1, -0.05) is 20.8 Å². The molecule has 59 valence electrons. The Bertz CT molecular complexity index is 213. The van der Waals surface area contributed by atoms with E-state index in [1.54, 1.807) is 18.0 Å². The Morgan fingerprint density at radius 3 is 2.64 bits per heavy atom. The van der Waals surface area contributed by atoms with Gasteiger partial charge in [-0.15, -0.1) is 11.8 Å². The lowest BCUT2D eigenvalue weighted by atomic mass is 10.3. The van der Waals surface area contributed by atoms with Gasteiger partial charge in [0, 0.05) is 10.9 Å². The monoisotopic (exact) mass is 166 g/mol. The molecule has 0 aliphatic carbocycles. The molecule has 1 nitrogen and oxygen atoms in total. The molecule has 1 aromatic heterocycles. The summed E-state index contributed by atoms with van der Waals surface area (Å²) in [6.45, 7) is 6.52. The second-order valence-corrected chi connectivity index (χ2v) is 5.16. The standard InChI is InChI=1S/C9H12NS/c1-9(2,3)11-8-6-4-5-7-10-8/h5-7H,1-3H3. The lowest BCUT2D eigenvalue weighted by molar-refractivity contribution is 0.799. The van der Waals surface area contributed by atoms with Crippen molar-refractivity contribution in [3.63, 3.8) is 0 Å². The molecule has 0 amide bonds. The maximum absolute atomic E-state index is 4.20. The van der Waals surface area contributed by atoms with Crippen molar-refractivity contribution < 1.29 is 0 Å². The minimum Gasteiger partial charge on any atom is -0.250 e. The van der Waals surface area contributed by atoms with Crippen molar-refractivity contribution in [3.8, 4) is 0 Å². The highest BCUT2D eigenvalue weighted by molar-refractivity contribution is 8.00. The number of thioether (sulfide) groups is 1. The van der Waals surface area contributed by atoms with Gasteiger partial charge in [0.15, 0.2) is 0 Å². The predicted octanol–water partition coefficient (Wildman–Crippen LogP) is 2.77. The van der Waals surface area contributed by atoms with Gasteiger partial charge in [-0.2, -0.15) is 0 Å².